The van der Waals surface area contributed by atoms with Crippen molar-refractivity contribution in [1.29, 1.82) is 0 Å². The lowest BCUT2D eigenvalue weighted by atomic mass is 9.97. The number of ether oxygens (including phenoxy) is 1. The molecule has 0 spiro atoms. The van der Waals surface area contributed by atoms with Gasteiger partial charge in [0.05, 0.1) is 36.0 Å². The van der Waals surface area contributed by atoms with Gasteiger partial charge in [-0.2, -0.15) is 5.10 Å². The number of methoxy groups -OCH3 is 1. The van der Waals surface area contributed by atoms with Gasteiger partial charge in [-0.05, 0) is 49.2 Å². The van der Waals surface area contributed by atoms with Gasteiger partial charge in [0, 0.05) is 30.7 Å². The molecule has 2 aromatic carbocycles. The molecule has 0 amide bonds. The number of aryl methyl sites for hydroxylation is 1. The lowest BCUT2D eigenvalue weighted by molar-refractivity contribution is 0.416. The van der Waals surface area contributed by atoms with Gasteiger partial charge in [-0.1, -0.05) is 30.3 Å². The van der Waals surface area contributed by atoms with E-state index in [-0.39, 0.29) is 5.56 Å². The molecule has 4 aromatic heterocycles. The van der Waals surface area contributed by atoms with Crippen LogP contribution in [0.2, 0.25) is 0 Å². The number of anilines is 2. The topological polar surface area (TPSA) is 124 Å². The van der Waals surface area contributed by atoms with Gasteiger partial charge in [0.1, 0.15) is 28.4 Å². The van der Waals surface area contributed by atoms with E-state index in [4.69, 9.17) is 9.84 Å². The van der Waals surface area contributed by atoms with Gasteiger partial charge in [-0.3, -0.25) is 13.5 Å². The number of aromatic nitrogens is 5. The van der Waals surface area contributed by atoms with Gasteiger partial charge in [0.25, 0.3) is 5.56 Å². The fourth-order valence-electron chi connectivity index (χ4n) is 5.48. The number of rotatable bonds is 8. The van der Waals surface area contributed by atoms with Gasteiger partial charge >= 0.3 is 0 Å². The zero-order valence-corrected chi connectivity index (χ0v) is 26.7. The molecule has 6 rings (SSSR count). The summed E-state index contributed by atoms with van der Waals surface area (Å²) in [6.07, 6.45) is 2.61. The monoisotopic (exact) mass is 629 g/mol. The van der Waals surface area contributed by atoms with E-state index in [1.165, 1.54) is 36.1 Å². The van der Waals surface area contributed by atoms with Crippen LogP contribution in [0.3, 0.4) is 0 Å². The smallest absolute Gasteiger partial charge is 0.264 e. The summed E-state index contributed by atoms with van der Waals surface area (Å²) in [5.74, 6) is 0.960. The predicted molar refractivity (Wildman–Crippen MR) is 176 cm³/mol. The number of benzene rings is 2. The molecule has 1 atom stereocenters. The molecule has 6 aromatic rings. The molecule has 0 radical (unpaired) electrons. The maximum absolute atomic E-state index is 14.0. The van der Waals surface area contributed by atoms with Crippen LogP contribution >= 0.6 is 11.3 Å². The summed E-state index contributed by atoms with van der Waals surface area (Å²) in [5, 5.41) is 10.8. The van der Waals surface area contributed by atoms with Gasteiger partial charge < -0.3 is 10.1 Å². The molecule has 4 heterocycles. The predicted octanol–water partition coefficient (Wildman–Crippen LogP) is 5.20. The van der Waals surface area contributed by atoms with Crippen LogP contribution in [0.25, 0.3) is 38.2 Å². The first-order chi connectivity index (χ1) is 21.0. The lowest BCUT2D eigenvalue weighted by Crippen LogP contribution is -2.25. The second-order valence-corrected chi connectivity index (χ2v) is 13.4. The highest BCUT2D eigenvalue weighted by Crippen LogP contribution is 2.39. The molecule has 0 saturated carbocycles. The van der Waals surface area contributed by atoms with Crippen LogP contribution in [0.5, 0.6) is 5.75 Å². The van der Waals surface area contributed by atoms with Crippen LogP contribution in [-0.2, 0) is 10.0 Å². The molecule has 0 aliphatic heterocycles. The summed E-state index contributed by atoms with van der Waals surface area (Å²) in [5.41, 5.74) is 5.10. The number of hydrogen-bond acceptors (Lipinski definition) is 9. The average molecular weight is 630 g/mol. The van der Waals surface area contributed by atoms with E-state index in [2.05, 4.69) is 15.3 Å². The first-order valence-electron chi connectivity index (χ1n) is 13.8. The highest BCUT2D eigenvalue weighted by molar-refractivity contribution is 7.92. The van der Waals surface area contributed by atoms with Crippen LogP contribution in [0.15, 0.2) is 71.1 Å². The minimum atomic E-state index is -3.58. The molecule has 0 bridgehead atoms. The molecular formula is C31H31N7O4S2. The minimum absolute atomic E-state index is 0.0971. The SMILES string of the molecule is CNc1ncnc2c1c(-c1ccc(OC)c(N(C)S(C)(=O)=O)c1)nn2[C@@H](C)c1cc2scc(C)n2c(=O)c1-c1ccccc1. The van der Waals surface area contributed by atoms with Crippen LogP contribution in [0, 0.1) is 6.92 Å². The molecule has 13 heteroatoms. The average Bonchev–Trinajstić information content (AvgIpc) is 3.60. The second-order valence-electron chi connectivity index (χ2n) is 10.5. The Labute approximate surface area is 258 Å². The molecule has 0 aliphatic rings. The van der Waals surface area contributed by atoms with Gasteiger partial charge in [0.15, 0.2) is 5.65 Å². The Hall–Kier alpha value is -4.75. The number of nitrogens with zero attached hydrogens (tertiary/aromatic N) is 6. The zero-order valence-electron chi connectivity index (χ0n) is 25.1. The Bertz CT molecular complexity index is 2210. The Morgan fingerprint density at radius 1 is 1.07 bits per heavy atom. The van der Waals surface area contributed by atoms with Crippen molar-refractivity contribution in [2.75, 3.05) is 37.1 Å². The van der Waals surface area contributed by atoms with Gasteiger partial charge in [0.2, 0.25) is 10.0 Å². The van der Waals surface area contributed by atoms with Crippen molar-refractivity contribution in [2.45, 2.75) is 19.9 Å². The third kappa shape index (κ3) is 4.77. The molecule has 0 aliphatic carbocycles. The van der Waals surface area contributed by atoms with Crippen molar-refractivity contribution in [2.24, 2.45) is 0 Å². The first-order valence-corrected chi connectivity index (χ1v) is 16.5. The molecule has 0 saturated heterocycles. The molecule has 0 fully saturated rings. The summed E-state index contributed by atoms with van der Waals surface area (Å²) in [7, 11) is 1.16. The summed E-state index contributed by atoms with van der Waals surface area (Å²) in [6, 6.07) is 16.5. The maximum Gasteiger partial charge on any atom is 0.264 e. The van der Waals surface area contributed by atoms with Crippen molar-refractivity contribution in [3.05, 3.63) is 87.9 Å². The lowest BCUT2D eigenvalue weighted by Gasteiger charge is -2.20. The van der Waals surface area contributed by atoms with Crippen LogP contribution in [-0.4, -0.2) is 60.0 Å². The number of pyridine rings is 1. The Balaban J connectivity index is 1.62. The van der Waals surface area contributed by atoms with Crippen LogP contribution in [0.4, 0.5) is 11.5 Å². The van der Waals surface area contributed by atoms with Crippen LogP contribution < -0.4 is 19.9 Å². The highest BCUT2D eigenvalue weighted by Gasteiger charge is 2.27. The fourth-order valence-corrected chi connectivity index (χ4v) is 6.90. The van der Waals surface area contributed by atoms with E-state index in [0.717, 1.165) is 27.9 Å². The molecule has 44 heavy (non-hydrogen) atoms. The molecule has 1 N–H and O–H groups in total. The number of nitrogens with one attached hydrogen (secondary N) is 1. The third-order valence-electron chi connectivity index (χ3n) is 7.80. The second kappa shape index (κ2) is 11.1. The number of fused-ring (bicyclic) bond motifs is 2. The van der Waals surface area contributed by atoms with E-state index in [9.17, 15) is 13.2 Å². The van der Waals surface area contributed by atoms with Gasteiger partial charge in [-0.25, -0.2) is 23.1 Å². The van der Waals surface area contributed by atoms with Crippen LogP contribution in [0.1, 0.15) is 24.2 Å². The largest absolute Gasteiger partial charge is 0.495 e. The molecule has 0 unspecified atom stereocenters. The Kier molecular flexibility index (Phi) is 7.38. The zero-order chi connectivity index (χ0) is 31.3. The highest BCUT2D eigenvalue weighted by atomic mass is 32.2. The quantitative estimate of drug-likeness (QED) is 0.244. The summed E-state index contributed by atoms with van der Waals surface area (Å²) >= 11 is 1.51. The Morgan fingerprint density at radius 2 is 1.82 bits per heavy atom. The number of hydrogen-bond donors (Lipinski definition) is 1. The van der Waals surface area contributed by atoms with E-state index in [1.807, 2.05) is 61.7 Å². The normalized spacial score (nSPS) is 12.5. The van der Waals surface area contributed by atoms with Crippen molar-refractivity contribution in [3.8, 4) is 28.1 Å². The fraction of sp³-hybridized carbons (Fsp3) is 0.226. The van der Waals surface area contributed by atoms with Crippen molar-refractivity contribution >= 4 is 48.7 Å². The minimum Gasteiger partial charge on any atom is -0.495 e. The van der Waals surface area contributed by atoms with Crippen molar-refractivity contribution in [1.82, 2.24) is 24.1 Å². The molecule has 226 valence electrons. The van der Waals surface area contributed by atoms with E-state index in [1.54, 1.807) is 28.3 Å². The standard InChI is InChI=1S/C31H31N7O4S2/c1-18-16-43-25-15-22(26(31(39)37(18)25)20-10-8-7-9-11-20)19(2)38-30-27(29(32-3)33-17-34-30)28(35-38)21-12-13-24(42-5)23(14-21)36(4)44(6,40)41/h7-17,19H,1-6H3,(H,32,33,34)/t19-/m0/s1. The first kappa shape index (κ1) is 29.3. The van der Waals surface area contributed by atoms with E-state index in [0.29, 0.717) is 45.1 Å². The summed E-state index contributed by atoms with van der Waals surface area (Å²) < 4.78 is 35.2. The third-order valence-corrected chi connectivity index (χ3v) is 9.99. The van der Waals surface area contributed by atoms with Crippen molar-refractivity contribution in [3.63, 3.8) is 0 Å². The van der Waals surface area contributed by atoms with Gasteiger partial charge in [-0.15, -0.1) is 11.3 Å². The summed E-state index contributed by atoms with van der Waals surface area (Å²) in [6.45, 7) is 3.92. The molecule has 11 nitrogen and oxygen atoms in total. The molecular weight excluding hydrogens is 599 g/mol. The maximum atomic E-state index is 14.0. The van der Waals surface area contributed by atoms with Crippen molar-refractivity contribution < 1.29 is 13.2 Å². The van der Waals surface area contributed by atoms with E-state index >= 15 is 0 Å². The van der Waals surface area contributed by atoms with E-state index < -0.39 is 16.1 Å². The summed E-state index contributed by atoms with van der Waals surface area (Å²) in [4.78, 5) is 24.0. The number of thiazole rings is 1. The number of sulfonamides is 1. The Morgan fingerprint density at radius 3 is 2.50 bits per heavy atom.